The van der Waals surface area contributed by atoms with Gasteiger partial charge in [0.15, 0.2) is 0 Å². The number of imidazole rings is 1. The van der Waals surface area contributed by atoms with Gasteiger partial charge in [-0.05, 0) is 18.2 Å². The summed E-state index contributed by atoms with van der Waals surface area (Å²) in [7, 11) is 1.55. The van der Waals surface area contributed by atoms with E-state index in [1.54, 1.807) is 36.0 Å². The highest BCUT2D eigenvalue weighted by Crippen LogP contribution is 2.21. The molecule has 0 aliphatic carbocycles. The maximum Gasteiger partial charge on any atom is 0.271 e. The first kappa shape index (κ1) is 12.0. The van der Waals surface area contributed by atoms with Crippen LogP contribution in [0.5, 0.6) is 0 Å². The van der Waals surface area contributed by atoms with Crippen molar-refractivity contribution in [2.75, 3.05) is 7.05 Å². The molecule has 0 aliphatic heterocycles. The Morgan fingerprint density at radius 2 is 1.94 bits per heavy atom. The maximum absolute atomic E-state index is 11.4. The first-order chi connectivity index (χ1) is 8.10. The molecule has 2 rings (SSSR count). The van der Waals surface area contributed by atoms with Gasteiger partial charge < -0.3 is 9.88 Å². The molecule has 0 unspecified atom stereocenters. The summed E-state index contributed by atoms with van der Waals surface area (Å²) in [6.45, 7) is 0. The van der Waals surface area contributed by atoms with Gasteiger partial charge in [0, 0.05) is 29.0 Å². The monoisotopic (exact) mass is 269 g/mol. The Bertz CT molecular complexity index is 545. The zero-order chi connectivity index (χ0) is 12.4. The quantitative estimate of drug-likeness (QED) is 0.911. The van der Waals surface area contributed by atoms with E-state index in [9.17, 15) is 4.79 Å². The van der Waals surface area contributed by atoms with Gasteiger partial charge >= 0.3 is 0 Å². The van der Waals surface area contributed by atoms with E-state index in [4.69, 9.17) is 23.2 Å². The smallest absolute Gasteiger partial charge is 0.271 e. The Hall–Kier alpha value is -1.52. The lowest BCUT2D eigenvalue weighted by atomic mass is 10.3. The molecule has 88 valence electrons. The third-order valence-corrected chi connectivity index (χ3v) is 2.62. The predicted molar refractivity (Wildman–Crippen MR) is 67.0 cm³/mol. The standard InChI is InChI=1S/C11H9Cl2N3O/c1-14-11(17)10-5-16(6-15-10)9-3-7(12)2-8(13)4-9/h2-6H,1H3,(H,14,17). The minimum Gasteiger partial charge on any atom is -0.354 e. The van der Waals surface area contributed by atoms with E-state index < -0.39 is 0 Å². The molecule has 1 aromatic heterocycles. The number of nitrogens with zero attached hydrogens (tertiary/aromatic N) is 2. The summed E-state index contributed by atoms with van der Waals surface area (Å²) >= 11 is 11.8. The minimum absolute atomic E-state index is 0.239. The number of hydrogen-bond donors (Lipinski definition) is 1. The number of aromatic nitrogens is 2. The van der Waals surface area contributed by atoms with Crippen LogP contribution in [-0.2, 0) is 0 Å². The SMILES string of the molecule is CNC(=O)c1cn(-c2cc(Cl)cc(Cl)c2)cn1. The molecule has 0 fully saturated rings. The lowest BCUT2D eigenvalue weighted by molar-refractivity contribution is 0.0958. The van der Waals surface area contributed by atoms with Crippen molar-refractivity contribution < 1.29 is 4.79 Å². The molecule has 0 spiro atoms. The molecule has 0 radical (unpaired) electrons. The van der Waals surface area contributed by atoms with Crippen molar-refractivity contribution in [2.45, 2.75) is 0 Å². The molecule has 0 bridgehead atoms. The summed E-state index contributed by atoms with van der Waals surface area (Å²) < 4.78 is 1.68. The molecule has 0 saturated heterocycles. The van der Waals surface area contributed by atoms with Crippen LogP contribution in [0.15, 0.2) is 30.7 Å². The van der Waals surface area contributed by atoms with Crippen LogP contribution in [-0.4, -0.2) is 22.5 Å². The number of amides is 1. The van der Waals surface area contributed by atoms with Gasteiger partial charge in [0.1, 0.15) is 12.0 Å². The van der Waals surface area contributed by atoms with E-state index in [0.717, 1.165) is 5.69 Å². The number of hydrogen-bond acceptors (Lipinski definition) is 2. The summed E-state index contributed by atoms with van der Waals surface area (Å²) in [5.74, 6) is -0.239. The second-order valence-electron chi connectivity index (χ2n) is 3.37. The summed E-state index contributed by atoms with van der Waals surface area (Å²) in [6.07, 6.45) is 3.15. The Labute approximate surface area is 108 Å². The number of halogens is 2. The van der Waals surface area contributed by atoms with Crippen LogP contribution in [0, 0.1) is 0 Å². The summed E-state index contributed by atoms with van der Waals surface area (Å²) in [5, 5.41) is 3.56. The molecule has 0 aliphatic rings. The third-order valence-electron chi connectivity index (χ3n) is 2.19. The molecule has 17 heavy (non-hydrogen) atoms. The minimum atomic E-state index is -0.239. The number of nitrogens with one attached hydrogen (secondary N) is 1. The van der Waals surface area contributed by atoms with E-state index in [-0.39, 0.29) is 5.91 Å². The van der Waals surface area contributed by atoms with Gasteiger partial charge in [-0.3, -0.25) is 4.79 Å². The highest BCUT2D eigenvalue weighted by Gasteiger charge is 2.08. The molecule has 6 heteroatoms. The van der Waals surface area contributed by atoms with Crippen molar-refractivity contribution in [3.8, 4) is 5.69 Å². The molecule has 4 nitrogen and oxygen atoms in total. The van der Waals surface area contributed by atoms with Gasteiger partial charge in [-0.15, -0.1) is 0 Å². The average molecular weight is 270 g/mol. The average Bonchev–Trinajstić information content (AvgIpc) is 2.76. The molecule has 1 N–H and O–H groups in total. The van der Waals surface area contributed by atoms with Crippen LogP contribution in [0.3, 0.4) is 0 Å². The summed E-state index contributed by atoms with van der Waals surface area (Å²) in [5.41, 5.74) is 1.09. The zero-order valence-corrected chi connectivity index (χ0v) is 10.5. The van der Waals surface area contributed by atoms with Crippen molar-refractivity contribution in [3.63, 3.8) is 0 Å². The Kier molecular flexibility index (Phi) is 3.36. The topological polar surface area (TPSA) is 46.9 Å². The molecular weight excluding hydrogens is 261 g/mol. The number of carbonyl (C=O) groups is 1. The van der Waals surface area contributed by atoms with Gasteiger partial charge in [-0.25, -0.2) is 4.98 Å². The third kappa shape index (κ3) is 2.60. The van der Waals surface area contributed by atoms with Crippen LogP contribution >= 0.6 is 23.2 Å². The van der Waals surface area contributed by atoms with E-state index in [0.29, 0.717) is 15.7 Å². The fraction of sp³-hybridized carbons (Fsp3) is 0.0909. The van der Waals surface area contributed by atoms with Crippen molar-refractivity contribution in [1.82, 2.24) is 14.9 Å². The molecule has 2 aromatic rings. The van der Waals surface area contributed by atoms with Crippen LogP contribution < -0.4 is 5.32 Å². The first-order valence-corrected chi connectivity index (χ1v) is 5.58. The van der Waals surface area contributed by atoms with Crippen molar-refractivity contribution >= 4 is 29.1 Å². The molecule has 0 atom stereocenters. The summed E-state index contributed by atoms with van der Waals surface area (Å²) in [4.78, 5) is 15.3. The van der Waals surface area contributed by atoms with E-state index >= 15 is 0 Å². The molecule has 0 saturated carbocycles. The van der Waals surface area contributed by atoms with E-state index in [2.05, 4.69) is 10.3 Å². The first-order valence-electron chi connectivity index (χ1n) is 4.82. The largest absolute Gasteiger partial charge is 0.354 e. The fourth-order valence-electron chi connectivity index (χ4n) is 1.40. The number of benzene rings is 1. The molecular formula is C11H9Cl2N3O. The van der Waals surface area contributed by atoms with Crippen molar-refractivity contribution in [2.24, 2.45) is 0 Å². The van der Waals surface area contributed by atoms with Gasteiger partial charge in [0.05, 0.1) is 0 Å². The fourth-order valence-corrected chi connectivity index (χ4v) is 1.91. The maximum atomic E-state index is 11.4. The Balaban J connectivity index is 2.40. The van der Waals surface area contributed by atoms with E-state index in [1.807, 2.05) is 0 Å². The molecule has 1 amide bonds. The van der Waals surface area contributed by atoms with Crippen molar-refractivity contribution in [1.29, 1.82) is 0 Å². The normalized spacial score (nSPS) is 10.3. The van der Waals surface area contributed by atoms with Gasteiger partial charge in [-0.2, -0.15) is 0 Å². The van der Waals surface area contributed by atoms with Gasteiger partial charge in [0.25, 0.3) is 5.91 Å². The van der Waals surface area contributed by atoms with Crippen LogP contribution in [0.1, 0.15) is 10.5 Å². The highest BCUT2D eigenvalue weighted by atomic mass is 35.5. The van der Waals surface area contributed by atoms with Gasteiger partial charge in [-0.1, -0.05) is 23.2 Å². The second-order valence-corrected chi connectivity index (χ2v) is 4.25. The number of rotatable bonds is 2. The molecule has 1 aromatic carbocycles. The number of carbonyl (C=O) groups excluding carboxylic acids is 1. The Morgan fingerprint density at radius 1 is 1.29 bits per heavy atom. The lowest BCUT2D eigenvalue weighted by Crippen LogP contribution is -2.17. The predicted octanol–water partition coefficient (Wildman–Crippen LogP) is 2.54. The zero-order valence-electron chi connectivity index (χ0n) is 8.95. The van der Waals surface area contributed by atoms with Crippen molar-refractivity contribution in [3.05, 3.63) is 46.5 Å². The van der Waals surface area contributed by atoms with Crippen LogP contribution in [0.25, 0.3) is 5.69 Å². The van der Waals surface area contributed by atoms with Crippen LogP contribution in [0.2, 0.25) is 10.0 Å². The summed E-state index contributed by atoms with van der Waals surface area (Å²) in [6, 6.07) is 5.12. The lowest BCUT2D eigenvalue weighted by Gasteiger charge is -2.03. The van der Waals surface area contributed by atoms with E-state index in [1.165, 1.54) is 6.33 Å². The highest BCUT2D eigenvalue weighted by molar-refractivity contribution is 6.34. The second kappa shape index (κ2) is 4.77. The van der Waals surface area contributed by atoms with Gasteiger partial charge in [0.2, 0.25) is 0 Å². The van der Waals surface area contributed by atoms with Crippen LogP contribution in [0.4, 0.5) is 0 Å². The Morgan fingerprint density at radius 3 is 2.53 bits per heavy atom. The molecule has 1 heterocycles.